The zero-order valence-corrected chi connectivity index (χ0v) is 12.5. The van der Waals surface area contributed by atoms with Gasteiger partial charge in [0.05, 0.1) is 0 Å². The lowest BCUT2D eigenvalue weighted by Gasteiger charge is -2.32. The summed E-state index contributed by atoms with van der Waals surface area (Å²) in [7, 11) is 0. The van der Waals surface area contributed by atoms with E-state index in [0.29, 0.717) is 12.0 Å². The Balaban J connectivity index is 2.21. The second-order valence-electron chi connectivity index (χ2n) is 6.37. The number of nitrogens with zero attached hydrogens (tertiary/aromatic N) is 1. The van der Waals surface area contributed by atoms with Crippen LogP contribution in [-0.2, 0) is 0 Å². The van der Waals surface area contributed by atoms with Crippen LogP contribution in [0.5, 0.6) is 0 Å². The molecule has 0 aromatic rings. The maximum Gasteiger partial charge on any atom is 0.317 e. The van der Waals surface area contributed by atoms with E-state index in [9.17, 15) is 4.79 Å². The molecule has 0 radical (unpaired) electrons. The van der Waals surface area contributed by atoms with E-state index < -0.39 is 0 Å². The normalized spacial score (nSPS) is 22.1. The molecular weight excluding hydrogens is 224 g/mol. The second kappa shape index (κ2) is 7.65. The summed E-state index contributed by atoms with van der Waals surface area (Å²) in [4.78, 5) is 14.0. The smallest absolute Gasteiger partial charge is 0.317 e. The van der Waals surface area contributed by atoms with Crippen LogP contribution in [0.1, 0.15) is 59.8 Å². The van der Waals surface area contributed by atoms with Gasteiger partial charge >= 0.3 is 6.03 Å². The van der Waals surface area contributed by atoms with Gasteiger partial charge in [-0.2, -0.15) is 0 Å². The van der Waals surface area contributed by atoms with Crippen LogP contribution in [0.3, 0.4) is 0 Å². The van der Waals surface area contributed by atoms with Crippen LogP contribution in [-0.4, -0.2) is 30.1 Å². The minimum atomic E-state index is 0.138. The van der Waals surface area contributed by atoms with Gasteiger partial charge < -0.3 is 10.2 Å². The first kappa shape index (κ1) is 15.3. The molecule has 0 aliphatic carbocycles. The standard InChI is InChI=1S/C15H30N2O/c1-12(2)7-5-9-14(4)16-15(18)17-10-6-8-13(3)11-17/h12-14H,5-11H2,1-4H3,(H,16,18). The molecule has 1 heterocycles. The monoisotopic (exact) mass is 254 g/mol. The van der Waals surface area contributed by atoms with Crippen LogP contribution < -0.4 is 5.32 Å². The summed E-state index contributed by atoms with van der Waals surface area (Å²) < 4.78 is 0. The Morgan fingerprint density at radius 3 is 2.67 bits per heavy atom. The molecule has 1 N–H and O–H groups in total. The Labute approximate surface area is 112 Å². The van der Waals surface area contributed by atoms with Gasteiger partial charge in [-0.3, -0.25) is 0 Å². The maximum atomic E-state index is 12.1. The van der Waals surface area contributed by atoms with Crippen molar-refractivity contribution in [2.45, 2.75) is 65.8 Å². The van der Waals surface area contributed by atoms with Crippen molar-refractivity contribution in [1.29, 1.82) is 0 Å². The van der Waals surface area contributed by atoms with E-state index in [2.05, 4.69) is 33.0 Å². The van der Waals surface area contributed by atoms with Crippen molar-refractivity contribution in [1.82, 2.24) is 10.2 Å². The lowest BCUT2D eigenvalue weighted by Crippen LogP contribution is -2.47. The fraction of sp³-hybridized carbons (Fsp3) is 0.933. The third-order valence-corrected chi connectivity index (χ3v) is 3.73. The largest absolute Gasteiger partial charge is 0.336 e. The minimum absolute atomic E-state index is 0.138. The molecule has 1 aliphatic rings. The summed E-state index contributed by atoms with van der Waals surface area (Å²) in [5, 5.41) is 3.13. The molecule has 0 aromatic carbocycles. The Bertz CT molecular complexity index is 253. The highest BCUT2D eigenvalue weighted by Crippen LogP contribution is 2.15. The number of hydrogen-bond donors (Lipinski definition) is 1. The Hall–Kier alpha value is -0.730. The fourth-order valence-electron chi connectivity index (χ4n) is 2.58. The zero-order valence-electron chi connectivity index (χ0n) is 12.5. The van der Waals surface area contributed by atoms with Crippen LogP contribution in [0, 0.1) is 11.8 Å². The van der Waals surface area contributed by atoms with E-state index in [-0.39, 0.29) is 6.03 Å². The maximum absolute atomic E-state index is 12.1. The van der Waals surface area contributed by atoms with E-state index in [1.54, 1.807) is 0 Å². The van der Waals surface area contributed by atoms with Crippen molar-refractivity contribution in [2.24, 2.45) is 11.8 Å². The van der Waals surface area contributed by atoms with Gasteiger partial charge in [0.25, 0.3) is 0 Å². The SMILES string of the molecule is CC(C)CCCC(C)NC(=O)N1CCCC(C)C1. The number of hydrogen-bond acceptors (Lipinski definition) is 1. The highest BCUT2D eigenvalue weighted by atomic mass is 16.2. The van der Waals surface area contributed by atoms with Gasteiger partial charge in [-0.1, -0.05) is 33.6 Å². The average Bonchev–Trinajstić information content (AvgIpc) is 2.28. The van der Waals surface area contributed by atoms with Crippen LogP contribution in [0.2, 0.25) is 0 Å². The molecule has 0 spiro atoms. The number of amides is 2. The van der Waals surface area contributed by atoms with E-state index in [1.165, 1.54) is 19.3 Å². The van der Waals surface area contributed by atoms with Gasteiger partial charge in [-0.25, -0.2) is 4.79 Å². The Morgan fingerprint density at radius 1 is 1.33 bits per heavy atom. The lowest BCUT2D eigenvalue weighted by atomic mass is 10.0. The average molecular weight is 254 g/mol. The summed E-state index contributed by atoms with van der Waals surface area (Å²) in [5.74, 6) is 1.41. The van der Waals surface area contributed by atoms with E-state index in [4.69, 9.17) is 0 Å². The van der Waals surface area contributed by atoms with Gasteiger partial charge in [0.15, 0.2) is 0 Å². The summed E-state index contributed by atoms with van der Waals surface area (Å²) in [6, 6.07) is 0.437. The summed E-state index contributed by atoms with van der Waals surface area (Å²) in [6.45, 7) is 10.7. The number of carbonyl (C=O) groups is 1. The van der Waals surface area contributed by atoms with Crippen LogP contribution in [0.4, 0.5) is 4.79 Å². The molecule has 2 unspecified atom stereocenters. The molecular formula is C15H30N2O. The van der Waals surface area contributed by atoms with Crippen LogP contribution in [0.15, 0.2) is 0 Å². The number of piperidine rings is 1. The molecule has 106 valence electrons. The van der Waals surface area contributed by atoms with Crippen LogP contribution >= 0.6 is 0 Å². The Morgan fingerprint density at radius 2 is 2.06 bits per heavy atom. The molecule has 2 atom stereocenters. The van der Waals surface area contributed by atoms with Gasteiger partial charge in [-0.05, 0) is 38.0 Å². The molecule has 0 aromatic heterocycles. The molecule has 0 bridgehead atoms. The highest BCUT2D eigenvalue weighted by molar-refractivity contribution is 5.74. The first-order valence-electron chi connectivity index (χ1n) is 7.54. The number of urea groups is 1. The lowest BCUT2D eigenvalue weighted by molar-refractivity contribution is 0.166. The second-order valence-corrected chi connectivity index (χ2v) is 6.37. The van der Waals surface area contributed by atoms with Crippen LogP contribution in [0.25, 0.3) is 0 Å². The third kappa shape index (κ3) is 5.74. The summed E-state index contributed by atoms with van der Waals surface area (Å²) >= 11 is 0. The van der Waals surface area contributed by atoms with Gasteiger partial charge in [0.2, 0.25) is 0 Å². The number of rotatable bonds is 5. The molecule has 3 heteroatoms. The van der Waals surface area contributed by atoms with Crippen molar-refractivity contribution in [3.8, 4) is 0 Å². The third-order valence-electron chi connectivity index (χ3n) is 3.73. The van der Waals surface area contributed by atoms with Crippen molar-refractivity contribution >= 4 is 6.03 Å². The molecule has 3 nitrogen and oxygen atoms in total. The van der Waals surface area contributed by atoms with Crippen molar-refractivity contribution in [2.75, 3.05) is 13.1 Å². The predicted octanol–water partition coefficient (Wildman–Crippen LogP) is 3.64. The molecule has 1 aliphatic heterocycles. The highest BCUT2D eigenvalue weighted by Gasteiger charge is 2.21. The molecule has 2 amide bonds. The predicted molar refractivity (Wildman–Crippen MR) is 76.7 cm³/mol. The van der Waals surface area contributed by atoms with Crippen molar-refractivity contribution < 1.29 is 4.79 Å². The topological polar surface area (TPSA) is 32.3 Å². The summed E-state index contributed by atoms with van der Waals surface area (Å²) in [5.41, 5.74) is 0. The van der Waals surface area contributed by atoms with E-state index in [0.717, 1.165) is 31.8 Å². The van der Waals surface area contributed by atoms with Gasteiger partial charge in [0, 0.05) is 19.1 Å². The summed E-state index contributed by atoms with van der Waals surface area (Å²) in [6.07, 6.45) is 5.95. The van der Waals surface area contributed by atoms with Crippen molar-refractivity contribution in [3.63, 3.8) is 0 Å². The quantitative estimate of drug-likeness (QED) is 0.798. The van der Waals surface area contributed by atoms with Crippen molar-refractivity contribution in [3.05, 3.63) is 0 Å². The van der Waals surface area contributed by atoms with Gasteiger partial charge in [0.1, 0.15) is 0 Å². The number of likely N-dealkylation sites (tertiary alicyclic amines) is 1. The molecule has 1 fully saturated rings. The molecule has 18 heavy (non-hydrogen) atoms. The Kier molecular flexibility index (Phi) is 6.51. The first-order valence-corrected chi connectivity index (χ1v) is 7.54. The molecule has 1 rings (SSSR count). The van der Waals surface area contributed by atoms with E-state index >= 15 is 0 Å². The number of nitrogens with one attached hydrogen (secondary N) is 1. The minimum Gasteiger partial charge on any atom is -0.336 e. The van der Waals surface area contributed by atoms with E-state index in [1.807, 2.05) is 4.90 Å². The van der Waals surface area contributed by atoms with Gasteiger partial charge in [-0.15, -0.1) is 0 Å². The zero-order chi connectivity index (χ0) is 13.5. The first-order chi connectivity index (χ1) is 8.49. The fourth-order valence-corrected chi connectivity index (χ4v) is 2.58. The molecule has 0 saturated carbocycles. The number of carbonyl (C=O) groups excluding carboxylic acids is 1. The molecule has 1 saturated heterocycles.